The zero-order valence-electron chi connectivity index (χ0n) is 25.3. The van der Waals surface area contributed by atoms with Gasteiger partial charge in [0.1, 0.15) is 23.5 Å². The number of benzene rings is 1. The largest absolute Gasteiger partial charge is 0.444 e. The number of ether oxygens (including phenoxy) is 1. The van der Waals surface area contributed by atoms with Crippen molar-refractivity contribution in [3.05, 3.63) is 42.2 Å². The molecule has 2 heterocycles. The minimum absolute atomic E-state index is 0.00618. The Kier molecular flexibility index (Phi) is 8.80. The minimum atomic E-state index is -3.94. The summed E-state index contributed by atoms with van der Waals surface area (Å²) < 4.78 is 45.8. The van der Waals surface area contributed by atoms with Crippen molar-refractivity contribution in [2.45, 2.75) is 94.6 Å². The molecule has 6 atom stereocenters. The van der Waals surface area contributed by atoms with E-state index in [1.807, 2.05) is 19.1 Å². The molecule has 4 aliphatic rings. The lowest BCUT2D eigenvalue weighted by Crippen LogP contribution is -2.57. The third-order valence-corrected chi connectivity index (χ3v) is 11.5. The second-order valence-corrected chi connectivity index (χ2v) is 15.5. The highest BCUT2D eigenvalue weighted by atomic mass is 32.2. The monoisotopic (exact) mass is 632 g/mol. The van der Waals surface area contributed by atoms with Gasteiger partial charge >= 0.3 is 6.09 Å². The average Bonchev–Trinajstić information content (AvgIpc) is 3.82. The van der Waals surface area contributed by atoms with Crippen LogP contribution in [-0.4, -0.2) is 66.1 Å². The van der Waals surface area contributed by atoms with Crippen LogP contribution in [0.5, 0.6) is 0 Å². The number of nitrogens with zero attached hydrogens (tertiary/aromatic N) is 1. The number of amides is 4. The number of allylic oxidation sites excluding steroid dienone is 1. The molecule has 11 nitrogen and oxygen atoms in total. The van der Waals surface area contributed by atoms with Gasteiger partial charge in [0.25, 0.3) is 5.91 Å². The Morgan fingerprint density at radius 1 is 1.09 bits per heavy atom. The van der Waals surface area contributed by atoms with Crippen LogP contribution in [0.4, 0.5) is 14.9 Å². The topological polar surface area (TPSA) is 151 Å². The van der Waals surface area contributed by atoms with E-state index in [0.717, 1.165) is 19.3 Å². The summed E-state index contributed by atoms with van der Waals surface area (Å²) in [5.41, 5.74) is -1.16. The maximum Gasteiger partial charge on any atom is 0.411 e. The van der Waals surface area contributed by atoms with Crippen LogP contribution in [0.1, 0.15) is 72.1 Å². The minimum Gasteiger partial charge on any atom is -0.444 e. The maximum atomic E-state index is 13.8. The average molecular weight is 633 g/mol. The molecular formula is C31H41FN4O7S. The molecule has 2 aliphatic carbocycles. The Balaban J connectivity index is 1.36. The molecule has 4 amide bonds. The third kappa shape index (κ3) is 6.92. The normalized spacial score (nSPS) is 32.5. The molecule has 1 aromatic rings. The summed E-state index contributed by atoms with van der Waals surface area (Å²) in [4.78, 5) is 54.9. The highest BCUT2D eigenvalue weighted by Crippen LogP contribution is 2.47. The Morgan fingerprint density at radius 3 is 2.48 bits per heavy atom. The van der Waals surface area contributed by atoms with Crippen LogP contribution in [0, 0.1) is 23.6 Å². The summed E-state index contributed by atoms with van der Waals surface area (Å²) in [7, 11) is -3.94. The number of fused-ring (bicyclic) bond motifs is 2. The highest BCUT2D eigenvalue weighted by molar-refractivity contribution is 7.91. The number of anilines is 1. The smallest absolute Gasteiger partial charge is 0.411 e. The van der Waals surface area contributed by atoms with Crippen LogP contribution in [0.15, 0.2) is 36.4 Å². The molecule has 5 rings (SSSR count). The first-order valence-electron chi connectivity index (χ1n) is 15.3. The molecule has 240 valence electrons. The van der Waals surface area contributed by atoms with E-state index in [-0.39, 0.29) is 37.6 Å². The SMILES string of the molecule is C[C@H]1CC/C=C\[C@@H]2C[C@@]2(C(=O)NS(=O)(=O)C2(C)CC2)NC(=O)[C@@H]2C[C@@H](OC(=O)Nc3ccc(F)cc3)CN2C(=O)C[C@H](C)C1. The second kappa shape index (κ2) is 12.1. The van der Waals surface area contributed by atoms with Gasteiger partial charge in [-0.15, -0.1) is 0 Å². The van der Waals surface area contributed by atoms with Gasteiger partial charge in [0.15, 0.2) is 0 Å². The highest BCUT2D eigenvalue weighted by Gasteiger charge is 2.63. The van der Waals surface area contributed by atoms with E-state index in [9.17, 15) is 32.0 Å². The number of rotatable bonds is 5. The molecule has 2 saturated carbocycles. The quantitative estimate of drug-likeness (QED) is 0.420. The van der Waals surface area contributed by atoms with Gasteiger partial charge in [0.2, 0.25) is 21.8 Å². The van der Waals surface area contributed by atoms with Gasteiger partial charge in [-0.25, -0.2) is 17.6 Å². The zero-order chi connectivity index (χ0) is 31.9. The van der Waals surface area contributed by atoms with Crippen molar-refractivity contribution in [2.75, 3.05) is 11.9 Å². The molecule has 0 radical (unpaired) electrons. The van der Waals surface area contributed by atoms with Crippen molar-refractivity contribution >= 4 is 39.5 Å². The van der Waals surface area contributed by atoms with Gasteiger partial charge in [0.05, 0.1) is 11.3 Å². The van der Waals surface area contributed by atoms with E-state index < -0.39 is 62.1 Å². The van der Waals surface area contributed by atoms with E-state index in [0.29, 0.717) is 24.4 Å². The van der Waals surface area contributed by atoms with E-state index >= 15 is 0 Å². The van der Waals surface area contributed by atoms with Gasteiger partial charge in [-0.2, -0.15) is 0 Å². The molecule has 3 fully saturated rings. The maximum absolute atomic E-state index is 13.8. The standard InChI is InChI=1S/C31H41FN4O7S/c1-19-6-4-5-7-21-17-31(21,28(39)35-44(41,42)30(3)12-13-30)34-27(38)25-16-24(18-36(25)26(37)15-20(2)14-19)43-29(40)33-23-10-8-22(32)9-11-23/h5,7-11,19-21,24-25H,4,6,12-18H2,1-3H3,(H,33,40)(H,34,38)(H,35,39)/b7-5-/t19-,20+,21+,24+,25-,31+/m0/s1. The van der Waals surface area contributed by atoms with E-state index in [1.54, 1.807) is 6.92 Å². The Hall–Kier alpha value is -3.48. The van der Waals surface area contributed by atoms with Gasteiger partial charge in [-0.3, -0.25) is 24.4 Å². The number of sulfonamides is 1. The van der Waals surface area contributed by atoms with Crippen LogP contribution < -0.4 is 15.4 Å². The Morgan fingerprint density at radius 2 is 1.80 bits per heavy atom. The lowest BCUT2D eigenvalue weighted by molar-refractivity contribution is -0.140. The molecule has 1 aromatic carbocycles. The number of nitrogens with one attached hydrogen (secondary N) is 3. The summed E-state index contributed by atoms with van der Waals surface area (Å²) in [6, 6.07) is 4.10. The van der Waals surface area contributed by atoms with Crippen molar-refractivity contribution in [3.63, 3.8) is 0 Å². The lowest BCUT2D eigenvalue weighted by Gasteiger charge is -2.27. The third-order valence-electron chi connectivity index (χ3n) is 9.37. The van der Waals surface area contributed by atoms with Gasteiger partial charge in [-0.1, -0.05) is 26.0 Å². The molecular weight excluding hydrogens is 591 g/mol. The second-order valence-electron chi connectivity index (χ2n) is 13.3. The molecule has 0 spiro atoms. The van der Waals surface area contributed by atoms with Crippen molar-refractivity contribution in [3.8, 4) is 0 Å². The van der Waals surface area contributed by atoms with Crippen LogP contribution in [0.25, 0.3) is 0 Å². The summed E-state index contributed by atoms with van der Waals surface area (Å²) in [6.07, 6.45) is 5.96. The number of carbonyl (C=O) groups excluding carboxylic acids is 4. The summed E-state index contributed by atoms with van der Waals surface area (Å²) in [6.45, 7) is 5.67. The van der Waals surface area contributed by atoms with Crippen molar-refractivity contribution < 1.29 is 36.7 Å². The zero-order valence-corrected chi connectivity index (χ0v) is 26.1. The number of carbonyl (C=O) groups is 4. The predicted octanol–water partition coefficient (Wildman–Crippen LogP) is 3.62. The number of hydrogen-bond acceptors (Lipinski definition) is 7. The molecule has 0 aromatic heterocycles. The van der Waals surface area contributed by atoms with Gasteiger partial charge < -0.3 is 15.0 Å². The number of halogens is 1. The molecule has 13 heteroatoms. The Bertz CT molecular complexity index is 1440. The van der Waals surface area contributed by atoms with Crippen molar-refractivity contribution in [2.24, 2.45) is 17.8 Å². The lowest BCUT2D eigenvalue weighted by atomic mass is 9.91. The van der Waals surface area contributed by atoms with Gasteiger partial charge in [-0.05, 0) is 81.5 Å². The fourth-order valence-electron chi connectivity index (χ4n) is 6.25. The molecule has 3 N–H and O–H groups in total. The van der Waals surface area contributed by atoms with Gasteiger partial charge in [0, 0.05) is 24.4 Å². The Labute approximate surface area is 257 Å². The van der Waals surface area contributed by atoms with E-state index in [1.165, 1.54) is 29.2 Å². The number of hydrogen-bond donors (Lipinski definition) is 3. The molecule has 44 heavy (non-hydrogen) atoms. The molecule has 0 unspecified atom stereocenters. The first-order chi connectivity index (χ1) is 20.7. The van der Waals surface area contributed by atoms with Crippen LogP contribution >= 0.6 is 0 Å². The first-order valence-corrected chi connectivity index (χ1v) is 16.8. The van der Waals surface area contributed by atoms with Crippen LogP contribution in [0.3, 0.4) is 0 Å². The van der Waals surface area contributed by atoms with Crippen molar-refractivity contribution in [1.82, 2.24) is 14.9 Å². The predicted molar refractivity (Wildman–Crippen MR) is 160 cm³/mol. The fourth-order valence-corrected chi connectivity index (χ4v) is 7.56. The van der Waals surface area contributed by atoms with Crippen LogP contribution in [-0.2, 0) is 29.1 Å². The summed E-state index contributed by atoms with van der Waals surface area (Å²) >= 11 is 0. The molecule has 0 bridgehead atoms. The fraction of sp³-hybridized carbons (Fsp3) is 0.613. The van der Waals surface area contributed by atoms with E-state index in [4.69, 9.17) is 4.74 Å². The summed E-state index contributed by atoms with van der Waals surface area (Å²) in [5.74, 6) is -2.15. The van der Waals surface area contributed by atoms with Crippen molar-refractivity contribution in [1.29, 1.82) is 0 Å². The molecule has 1 saturated heterocycles. The summed E-state index contributed by atoms with van der Waals surface area (Å²) in [5, 5.41) is 5.33. The first kappa shape index (κ1) is 31.9. The van der Waals surface area contributed by atoms with E-state index in [2.05, 4.69) is 22.3 Å². The molecule has 2 aliphatic heterocycles. The van der Waals surface area contributed by atoms with Crippen LogP contribution in [0.2, 0.25) is 0 Å².